The highest BCUT2D eigenvalue weighted by molar-refractivity contribution is 5.46. The summed E-state index contributed by atoms with van der Waals surface area (Å²) in [5, 5.41) is 17.9. The third-order valence-corrected chi connectivity index (χ3v) is 1.75. The summed E-state index contributed by atoms with van der Waals surface area (Å²) in [4.78, 5) is 0. The normalized spacial score (nSPS) is 10.1. The molecule has 0 saturated heterocycles. The average Bonchev–Trinajstić information content (AvgIpc) is 2.12. The van der Waals surface area contributed by atoms with Crippen molar-refractivity contribution >= 4 is 0 Å². The molecule has 1 aromatic carbocycles. The molecule has 0 saturated carbocycles. The number of halogens is 1. The number of aliphatic hydroxyl groups is 1. The van der Waals surface area contributed by atoms with Crippen LogP contribution in [0.1, 0.15) is 5.56 Å². The zero-order valence-corrected chi connectivity index (χ0v) is 7.25. The van der Waals surface area contributed by atoms with Crippen molar-refractivity contribution in [3.8, 4) is 11.5 Å². The van der Waals surface area contributed by atoms with Crippen LogP contribution in [-0.4, -0.2) is 23.9 Å². The Hall–Kier alpha value is -1.29. The van der Waals surface area contributed by atoms with E-state index in [4.69, 9.17) is 9.84 Å². The lowest BCUT2D eigenvalue weighted by atomic mass is 10.1. The van der Waals surface area contributed by atoms with Gasteiger partial charge in [-0.25, -0.2) is 4.39 Å². The van der Waals surface area contributed by atoms with Crippen LogP contribution in [0.25, 0.3) is 0 Å². The first-order chi connectivity index (χ1) is 6.20. The lowest BCUT2D eigenvalue weighted by molar-refractivity contribution is 0.294. The van der Waals surface area contributed by atoms with Gasteiger partial charge in [0.25, 0.3) is 0 Å². The topological polar surface area (TPSA) is 49.7 Å². The Morgan fingerprint density at radius 3 is 2.69 bits per heavy atom. The molecule has 0 fully saturated rings. The zero-order valence-electron chi connectivity index (χ0n) is 7.25. The molecule has 3 nitrogen and oxygen atoms in total. The summed E-state index contributed by atoms with van der Waals surface area (Å²) in [6.07, 6.45) is 0.330. The summed E-state index contributed by atoms with van der Waals surface area (Å²) in [5.41, 5.74) is 0.587. The van der Waals surface area contributed by atoms with Crippen molar-refractivity contribution in [1.29, 1.82) is 0 Å². The molecule has 1 aromatic rings. The number of phenols is 1. The summed E-state index contributed by atoms with van der Waals surface area (Å²) in [7, 11) is 1.34. The number of phenolic OH excluding ortho intramolecular Hbond substituents is 1. The summed E-state index contributed by atoms with van der Waals surface area (Å²) < 4.78 is 17.6. The number of benzene rings is 1. The molecule has 4 heteroatoms. The Kier molecular flexibility index (Phi) is 3.08. The maximum atomic E-state index is 12.8. The highest BCUT2D eigenvalue weighted by Gasteiger charge is 2.12. The predicted molar refractivity (Wildman–Crippen MR) is 45.4 cm³/mol. The van der Waals surface area contributed by atoms with E-state index in [-0.39, 0.29) is 12.4 Å². The van der Waals surface area contributed by atoms with E-state index in [1.165, 1.54) is 13.2 Å². The van der Waals surface area contributed by atoms with Gasteiger partial charge < -0.3 is 14.9 Å². The van der Waals surface area contributed by atoms with Crippen LogP contribution in [-0.2, 0) is 6.42 Å². The van der Waals surface area contributed by atoms with Crippen LogP contribution in [0.4, 0.5) is 4.39 Å². The molecule has 2 N–H and O–H groups in total. The number of ether oxygens (including phenoxy) is 1. The van der Waals surface area contributed by atoms with Crippen LogP contribution in [0.5, 0.6) is 11.5 Å². The summed E-state index contributed by atoms with van der Waals surface area (Å²) in [6.45, 7) is -0.0680. The van der Waals surface area contributed by atoms with Crippen LogP contribution < -0.4 is 4.74 Å². The van der Waals surface area contributed by atoms with E-state index in [1.807, 2.05) is 0 Å². The first-order valence-electron chi connectivity index (χ1n) is 3.86. The van der Waals surface area contributed by atoms with Crippen molar-refractivity contribution in [3.05, 3.63) is 23.5 Å². The Labute approximate surface area is 75.4 Å². The Balaban J connectivity index is 3.13. The minimum absolute atomic E-state index is 0.0680. The second-order valence-electron chi connectivity index (χ2n) is 2.56. The largest absolute Gasteiger partial charge is 0.502 e. The number of hydrogen-bond donors (Lipinski definition) is 2. The fourth-order valence-corrected chi connectivity index (χ4v) is 1.13. The molecule has 0 atom stereocenters. The third-order valence-electron chi connectivity index (χ3n) is 1.75. The number of rotatable bonds is 3. The highest BCUT2D eigenvalue weighted by atomic mass is 19.1. The van der Waals surface area contributed by atoms with E-state index in [1.54, 1.807) is 0 Å². The fraction of sp³-hybridized carbons (Fsp3) is 0.333. The lowest BCUT2D eigenvalue weighted by Gasteiger charge is -2.09. The molecule has 0 unspecified atom stereocenters. The van der Waals surface area contributed by atoms with Gasteiger partial charge in [0.05, 0.1) is 7.11 Å². The maximum absolute atomic E-state index is 12.8. The van der Waals surface area contributed by atoms with Gasteiger partial charge in [0.2, 0.25) is 0 Å². The Bertz CT molecular complexity index is 299. The zero-order chi connectivity index (χ0) is 9.84. The predicted octanol–water partition coefficient (Wildman–Crippen LogP) is 1.07. The van der Waals surface area contributed by atoms with Crippen molar-refractivity contribution in [2.45, 2.75) is 6.42 Å². The Morgan fingerprint density at radius 2 is 2.15 bits per heavy atom. The first-order valence-corrected chi connectivity index (χ1v) is 3.86. The molecule has 13 heavy (non-hydrogen) atoms. The monoisotopic (exact) mass is 186 g/mol. The van der Waals surface area contributed by atoms with E-state index in [0.29, 0.717) is 12.0 Å². The van der Waals surface area contributed by atoms with Crippen LogP contribution in [0.2, 0.25) is 0 Å². The van der Waals surface area contributed by atoms with Gasteiger partial charge in [0, 0.05) is 12.2 Å². The van der Waals surface area contributed by atoms with Crippen LogP contribution in [0.3, 0.4) is 0 Å². The summed E-state index contributed by atoms with van der Waals surface area (Å²) >= 11 is 0. The van der Waals surface area contributed by atoms with E-state index in [0.717, 1.165) is 6.07 Å². The Morgan fingerprint density at radius 1 is 1.46 bits per heavy atom. The third kappa shape index (κ3) is 1.89. The van der Waals surface area contributed by atoms with Crippen molar-refractivity contribution in [3.63, 3.8) is 0 Å². The molecular weight excluding hydrogens is 175 g/mol. The molecule has 0 aliphatic carbocycles. The molecule has 0 radical (unpaired) electrons. The summed E-state index contributed by atoms with van der Waals surface area (Å²) in [5.74, 6) is -1.14. The molecule has 0 bridgehead atoms. The van der Waals surface area contributed by atoms with Crippen LogP contribution in [0, 0.1) is 5.82 Å². The SMILES string of the molecule is COc1c(CCO)ccc(F)c1O. The van der Waals surface area contributed by atoms with E-state index >= 15 is 0 Å². The van der Waals surface area contributed by atoms with Crippen molar-refractivity contribution in [1.82, 2.24) is 0 Å². The van der Waals surface area contributed by atoms with E-state index in [2.05, 4.69) is 0 Å². The average molecular weight is 186 g/mol. The number of methoxy groups -OCH3 is 1. The van der Waals surface area contributed by atoms with Gasteiger partial charge in [0.15, 0.2) is 17.3 Å². The number of aliphatic hydroxyl groups excluding tert-OH is 1. The van der Waals surface area contributed by atoms with Crippen LogP contribution >= 0.6 is 0 Å². The van der Waals surface area contributed by atoms with Crippen LogP contribution in [0.15, 0.2) is 12.1 Å². The van der Waals surface area contributed by atoms with Gasteiger partial charge in [-0.15, -0.1) is 0 Å². The van der Waals surface area contributed by atoms with Crippen molar-refractivity contribution < 1.29 is 19.3 Å². The molecule has 0 amide bonds. The molecule has 0 spiro atoms. The highest BCUT2D eigenvalue weighted by Crippen LogP contribution is 2.32. The first kappa shape index (κ1) is 9.80. The van der Waals surface area contributed by atoms with Crippen molar-refractivity contribution in [2.24, 2.45) is 0 Å². The fourth-order valence-electron chi connectivity index (χ4n) is 1.13. The number of hydrogen-bond acceptors (Lipinski definition) is 3. The second-order valence-corrected chi connectivity index (χ2v) is 2.56. The minimum Gasteiger partial charge on any atom is -0.502 e. The van der Waals surface area contributed by atoms with Gasteiger partial charge in [-0.2, -0.15) is 0 Å². The maximum Gasteiger partial charge on any atom is 0.194 e. The molecule has 0 aliphatic heterocycles. The van der Waals surface area contributed by atoms with E-state index < -0.39 is 11.6 Å². The number of aromatic hydroxyl groups is 1. The van der Waals surface area contributed by atoms with E-state index in [9.17, 15) is 9.50 Å². The molecule has 1 rings (SSSR count). The van der Waals surface area contributed by atoms with Gasteiger partial charge in [-0.05, 0) is 12.5 Å². The molecule has 0 aliphatic rings. The quantitative estimate of drug-likeness (QED) is 0.742. The molecular formula is C9H11FO3. The molecule has 0 heterocycles. The minimum atomic E-state index is -0.724. The second kappa shape index (κ2) is 4.09. The van der Waals surface area contributed by atoms with Gasteiger partial charge in [-0.3, -0.25) is 0 Å². The molecule has 0 aromatic heterocycles. The van der Waals surface area contributed by atoms with Gasteiger partial charge >= 0.3 is 0 Å². The van der Waals surface area contributed by atoms with Gasteiger partial charge in [-0.1, -0.05) is 6.07 Å². The lowest BCUT2D eigenvalue weighted by Crippen LogP contribution is -1.97. The standard InChI is InChI=1S/C9H11FO3/c1-13-9-6(4-5-11)2-3-7(10)8(9)12/h2-3,11-12H,4-5H2,1H3. The summed E-state index contributed by atoms with van der Waals surface area (Å²) in [6, 6.07) is 2.62. The van der Waals surface area contributed by atoms with Gasteiger partial charge in [0.1, 0.15) is 0 Å². The molecule has 72 valence electrons. The van der Waals surface area contributed by atoms with Crippen molar-refractivity contribution in [2.75, 3.05) is 13.7 Å². The smallest absolute Gasteiger partial charge is 0.194 e.